The van der Waals surface area contributed by atoms with Gasteiger partial charge in [0.2, 0.25) is 0 Å². The molecule has 0 aliphatic carbocycles. The Balaban J connectivity index is 2.20. The van der Waals surface area contributed by atoms with E-state index in [0.29, 0.717) is 11.3 Å². The Morgan fingerprint density at radius 1 is 1.11 bits per heavy atom. The van der Waals surface area contributed by atoms with Gasteiger partial charge in [0.05, 0.1) is 4.24 Å². The van der Waals surface area contributed by atoms with E-state index in [1.807, 2.05) is 30.3 Å². The van der Waals surface area contributed by atoms with Crippen LogP contribution in [-0.2, 0) is 9.59 Å². The molecule has 1 N–H and O–H groups in total. The molecule has 1 aromatic rings. The zero-order chi connectivity index (χ0) is 13.7. The topological polar surface area (TPSA) is 46.2 Å². The zero-order valence-electron chi connectivity index (χ0n) is 10.6. The van der Waals surface area contributed by atoms with Crippen LogP contribution in [0.3, 0.4) is 0 Å². The molecule has 2 rings (SSSR count). The number of ketones is 1. The van der Waals surface area contributed by atoms with E-state index in [1.54, 1.807) is 23.5 Å². The minimum absolute atomic E-state index is 0.176. The number of thioether (sulfide) groups is 2. The molecule has 1 amide bonds. The predicted molar refractivity (Wildman–Crippen MR) is 82.3 cm³/mol. The van der Waals surface area contributed by atoms with E-state index in [-0.39, 0.29) is 11.7 Å². The van der Waals surface area contributed by atoms with Crippen LogP contribution in [0, 0.1) is 0 Å². The first kappa shape index (κ1) is 14.2. The van der Waals surface area contributed by atoms with Crippen LogP contribution in [0.5, 0.6) is 0 Å². The molecular weight excluding hydrogens is 278 g/mol. The highest BCUT2D eigenvalue weighted by Crippen LogP contribution is 2.37. The third-order valence-electron chi connectivity index (χ3n) is 2.57. The number of carbonyl (C=O) groups is 2. The Labute approximate surface area is 121 Å². The van der Waals surface area contributed by atoms with E-state index in [4.69, 9.17) is 0 Å². The molecule has 1 aliphatic heterocycles. The van der Waals surface area contributed by atoms with Crippen molar-refractivity contribution < 1.29 is 9.59 Å². The summed E-state index contributed by atoms with van der Waals surface area (Å²) in [5, 5.41) is 2.78. The Kier molecular flexibility index (Phi) is 5.10. The first-order valence-electron chi connectivity index (χ1n) is 6.05. The molecule has 0 atom stereocenters. The number of carbonyl (C=O) groups excluding carboxylic acids is 2. The number of anilines is 1. The van der Waals surface area contributed by atoms with E-state index >= 15 is 0 Å². The zero-order valence-corrected chi connectivity index (χ0v) is 12.3. The van der Waals surface area contributed by atoms with Crippen LogP contribution in [0.4, 0.5) is 5.69 Å². The van der Waals surface area contributed by atoms with Crippen LogP contribution >= 0.6 is 23.5 Å². The summed E-state index contributed by atoms with van der Waals surface area (Å²) in [6.07, 6.45) is 1.12. The average molecular weight is 293 g/mol. The van der Waals surface area contributed by atoms with Gasteiger partial charge in [0, 0.05) is 5.69 Å². The van der Waals surface area contributed by atoms with Gasteiger partial charge in [0.25, 0.3) is 5.91 Å². The van der Waals surface area contributed by atoms with Gasteiger partial charge >= 0.3 is 0 Å². The Hall–Kier alpha value is -1.20. The lowest BCUT2D eigenvalue weighted by atomic mass is 10.2. The summed E-state index contributed by atoms with van der Waals surface area (Å²) < 4.78 is 0.854. The maximum absolute atomic E-state index is 12.2. The van der Waals surface area contributed by atoms with Crippen LogP contribution in [0.15, 0.2) is 40.1 Å². The minimum Gasteiger partial charge on any atom is -0.322 e. The number of hydrogen-bond acceptors (Lipinski definition) is 4. The SMILES string of the molecule is CC(=O)C(C(=O)Nc1ccccc1)=C1SCCCS1. The molecule has 1 fully saturated rings. The van der Waals surface area contributed by atoms with Crippen LogP contribution in [0.1, 0.15) is 13.3 Å². The molecule has 5 heteroatoms. The lowest BCUT2D eigenvalue weighted by Gasteiger charge is -2.16. The maximum Gasteiger partial charge on any atom is 0.260 e. The number of hydrogen-bond donors (Lipinski definition) is 1. The van der Waals surface area contributed by atoms with Gasteiger partial charge in [-0.15, -0.1) is 23.5 Å². The molecule has 0 spiro atoms. The number of Topliss-reactive ketones (excluding diaryl/α,β-unsaturated/α-hetero) is 1. The first-order chi connectivity index (χ1) is 9.18. The molecule has 3 nitrogen and oxygen atoms in total. The van der Waals surface area contributed by atoms with E-state index < -0.39 is 0 Å². The Morgan fingerprint density at radius 3 is 2.32 bits per heavy atom. The smallest absolute Gasteiger partial charge is 0.260 e. The van der Waals surface area contributed by atoms with Gasteiger partial charge in [-0.3, -0.25) is 9.59 Å². The highest BCUT2D eigenvalue weighted by Gasteiger charge is 2.22. The van der Waals surface area contributed by atoms with Crippen molar-refractivity contribution in [3.63, 3.8) is 0 Å². The highest BCUT2D eigenvalue weighted by molar-refractivity contribution is 8.22. The third kappa shape index (κ3) is 3.88. The maximum atomic E-state index is 12.2. The molecule has 0 saturated carbocycles. The number of para-hydroxylation sites is 1. The van der Waals surface area contributed by atoms with Crippen molar-refractivity contribution in [3.8, 4) is 0 Å². The van der Waals surface area contributed by atoms with Crippen molar-refractivity contribution in [3.05, 3.63) is 40.1 Å². The van der Waals surface area contributed by atoms with Gasteiger partial charge in [0.1, 0.15) is 5.57 Å². The Morgan fingerprint density at radius 2 is 1.74 bits per heavy atom. The van der Waals surface area contributed by atoms with Crippen molar-refractivity contribution in [2.24, 2.45) is 0 Å². The second-order valence-corrected chi connectivity index (χ2v) is 6.56. The molecule has 1 saturated heterocycles. The van der Waals surface area contributed by atoms with Crippen LogP contribution < -0.4 is 5.32 Å². The fourth-order valence-corrected chi connectivity index (χ4v) is 4.41. The Bertz CT molecular complexity index is 503. The fraction of sp³-hybridized carbons (Fsp3) is 0.286. The highest BCUT2D eigenvalue weighted by atomic mass is 32.2. The van der Waals surface area contributed by atoms with Gasteiger partial charge < -0.3 is 5.32 Å². The monoisotopic (exact) mass is 293 g/mol. The summed E-state index contributed by atoms with van der Waals surface area (Å²) in [7, 11) is 0. The molecule has 1 aromatic carbocycles. The second-order valence-electron chi connectivity index (χ2n) is 4.09. The molecule has 1 aliphatic rings. The molecule has 0 bridgehead atoms. The largest absolute Gasteiger partial charge is 0.322 e. The molecule has 100 valence electrons. The van der Waals surface area contributed by atoms with E-state index in [1.165, 1.54) is 6.92 Å². The molecule has 19 heavy (non-hydrogen) atoms. The van der Waals surface area contributed by atoms with Gasteiger partial charge in [-0.2, -0.15) is 0 Å². The van der Waals surface area contributed by atoms with Gasteiger partial charge in [-0.25, -0.2) is 0 Å². The van der Waals surface area contributed by atoms with Gasteiger partial charge in [-0.1, -0.05) is 18.2 Å². The standard InChI is InChI=1S/C14H15NO2S2/c1-10(16)12(14-18-8-5-9-19-14)13(17)15-11-6-3-2-4-7-11/h2-4,6-7H,5,8-9H2,1H3,(H,15,17). The van der Waals surface area contributed by atoms with Crippen LogP contribution in [0.2, 0.25) is 0 Å². The van der Waals surface area contributed by atoms with Crippen LogP contribution in [0.25, 0.3) is 0 Å². The normalized spacial score (nSPS) is 14.9. The molecule has 0 unspecified atom stereocenters. The van der Waals surface area contributed by atoms with Crippen molar-refractivity contribution >= 4 is 40.9 Å². The predicted octanol–water partition coefficient (Wildman–Crippen LogP) is 3.30. The minimum atomic E-state index is -0.310. The van der Waals surface area contributed by atoms with Gasteiger partial charge in [0.15, 0.2) is 5.78 Å². The van der Waals surface area contributed by atoms with Crippen molar-refractivity contribution in [2.45, 2.75) is 13.3 Å². The summed E-state index contributed by atoms with van der Waals surface area (Å²) in [4.78, 5) is 24.0. The van der Waals surface area contributed by atoms with Crippen molar-refractivity contribution in [1.29, 1.82) is 0 Å². The van der Waals surface area contributed by atoms with Crippen molar-refractivity contribution in [1.82, 2.24) is 0 Å². The van der Waals surface area contributed by atoms with E-state index in [9.17, 15) is 9.59 Å². The quantitative estimate of drug-likeness (QED) is 0.528. The lowest BCUT2D eigenvalue weighted by molar-refractivity contribution is -0.118. The summed E-state index contributed by atoms with van der Waals surface area (Å²) in [6.45, 7) is 1.45. The molecule has 1 heterocycles. The average Bonchev–Trinajstić information content (AvgIpc) is 2.40. The third-order valence-corrected chi connectivity index (χ3v) is 5.20. The number of rotatable bonds is 3. The molecular formula is C14H15NO2S2. The number of amides is 1. The summed E-state index contributed by atoms with van der Waals surface area (Å²) in [5.74, 6) is 1.45. The molecule has 0 aromatic heterocycles. The fourth-order valence-electron chi connectivity index (χ4n) is 1.69. The first-order valence-corrected chi connectivity index (χ1v) is 8.03. The number of nitrogens with one attached hydrogen (secondary N) is 1. The van der Waals surface area contributed by atoms with Gasteiger partial charge in [-0.05, 0) is 37.0 Å². The van der Waals surface area contributed by atoms with Crippen molar-refractivity contribution in [2.75, 3.05) is 16.8 Å². The molecule has 0 radical (unpaired) electrons. The van der Waals surface area contributed by atoms with Crippen LogP contribution in [-0.4, -0.2) is 23.2 Å². The van der Waals surface area contributed by atoms with E-state index in [2.05, 4.69) is 5.32 Å². The summed E-state index contributed by atoms with van der Waals surface area (Å²) in [6, 6.07) is 9.19. The lowest BCUT2D eigenvalue weighted by Crippen LogP contribution is -2.20. The summed E-state index contributed by atoms with van der Waals surface area (Å²) in [5.41, 5.74) is 0.996. The summed E-state index contributed by atoms with van der Waals surface area (Å²) >= 11 is 3.20. The van der Waals surface area contributed by atoms with E-state index in [0.717, 1.165) is 22.2 Å². The number of benzene rings is 1. The second kappa shape index (κ2) is 6.82.